The maximum atomic E-state index is 5.53. The Morgan fingerprint density at radius 1 is 1.18 bits per heavy atom. The lowest BCUT2D eigenvalue weighted by atomic mass is 9.89. The van der Waals surface area contributed by atoms with E-state index in [1.165, 1.54) is 29.5 Å². The summed E-state index contributed by atoms with van der Waals surface area (Å²) in [6, 6.07) is 2.25. The van der Waals surface area contributed by atoms with Gasteiger partial charge in [0.2, 0.25) is 0 Å². The third kappa shape index (κ3) is 2.08. The Hall–Kier alpha value is -0.980. The van der Waals surface area contributed by atoms with Crippen molar-refractivity contribution in [2.24, 2.45) is 5.41 Å². The number of methoxy groups -OCH3 is 1. The first-order valence-corrected chi connectivity index (χ1v) is 6.55. The van der Waals surface area contributed by atoms with Gasteiger partial charge in [0, 0.05) is 0 Å². The molecule has 1 aliphatic carbocycles. The second-order valence-corrected chi connectivity index (χ2v) is 6.42. The summed E-state index contributed by atoms with van der Waals surface area (Å²) in [6.45, 7) is 11.5. The van der Waals surface area contributed by atoms with E-state index in [1.54, 1.807) is 12.7 Å². The third-order valence-corrected chi connectivity index (χ3v) is 3.97. The van der Waals surface area contributed by atoms with E-state index in [-0.39, 0.29) is 0 Å². The molecule has 1 nitrogen and oxygen atoms in total. The molecule has 0 spiro atoms. The predicted octanol–water partition coefficient (Wildman–Crippen LogP) is 4.25. The summed E-state index contributed by atoms with van der Waals surface area (Å²) >= 11 is 0. The average Bonchev–Trinajstić information content (AvgIpc) is 2.54. The zero-order chi connectivity index (χ0) is 12.8. The topological polar surface area (TPSA) is 9.23 Å². The Bertz CT molecular complexity index is 441. The van der Waals surface area contributed by atoms with Crippen LogP contribution in [0.25, 0.3) is 0 Å². The lowest BCUT2D eigenvalue weighted by Crippen LogP contribution is -2.10. The van der Waals surface area contributed by atoms with Crippen molar-refractivity contribution < 1.29 is 4.74 Å². The van der Waals surface area contributed by atoms with Gasteiger partial charge < -0.3 is 4.74 Å². The van der Waals surface area contributed by atoms with Crippen LogP contribution in [0.2, 0.25) is 0 Å². The molecule has 1 aliphatic rings. The van der Waals surface area contributed by atoms with E-state index in [9.17, 15) is 0 Å². The molecule has 17 heavy (non-hydrogen) atoms. The molecule has 1 aromatic carbocycles. The van der Waals surface area contributed by atoms with Crippen molar-refractivity contribution in [1.82, 2.24) is 0 Å². The molecule has 0 atom stereocenters. The minimum atomic E-state index is 0.406. The van der Waals surface area contributed by atoms with Gasteiger partial charge in [-0.05, 0) is 59.4 Å². The highest BCUT2D eigenvalue weighted by Crippen LogP contribution is 2.44. The van der Waals surface area contributed by atoms with Gasteiger partial charge in [-0.15, -0.1) is 0 Å². The molecule has 0 N–H and O–H groups in total. The molecule has 0 bridgehead atoms. The molecular formula is C16H24O. The quantitative estimate of drug-likeness (QED) is 0.740. The summed E-state index contributed by atoms with van der Waals surface area (Å²) in [6.07, 6.45) is 2.39. The van der Waals surface area contributed by atoms with Crippen molar-refractivity contribution in [1.29, 1.82) is 0 Å². The molecule has 1 aromatic rings. The van der Waals surface area contributed by atoms with Gasteiger partial charge in [0.25, 0.3) is 0 Å². The van der Waals surface area contributed by atoms with Crippen LogP contribution in [0.5, 0.6) is 5.75 Å². The normalized spacial score (nSPS) is 17.4. The van der Waals surface area contributed by atoms with Crippen LogP contribution in [0.15, 0.2) is 6.07 Å². The SMILES string of the molecule is COc1cc(C(C)C)c2c(c1C)CC(C)(C)C2. The molecule has 0 saturated carbocycles. The van der Waals surface area contributed by atoms with E-state index in [2.05, 4.69) is 40.7 Å². The Kier molecular flexibility index (Phi) is 2.97. The molecule has 0 aliphatic heterocycles. The van der Waals surface area contributed by atoms with E-state index >= 15 is 0 Å². The van der Waals surface area contributed by atoms with E-state index in [4.69, 9.17) is 4.74 Å². The van der Waals surface area contributed by atoms with Crippen LogP contribution in [0.4, 0.5) is 0 Å². The lowest BCUT2D eigenvalue weighted by molar-refractivity contribution is 0.390. The van der Waals surface area contributed by atoms with E-state index in [0.717, 1.165) is 5.75 Å². The van der Waals surface area contributed by atoms with E-state index < -0.39 is 0 Å². The van der Waals surface area contributed by atoms with Crippen LogP contribution < -0.4 is 4.74 Å². The average molecular weight is 232 g/mol. The summed E-state index contributed by atoms with van der Waals surface area (Å²) in [7, 11) is 1.78. The zero-order valence-electron chi connectivity index (χ0n) is 12.0. The minimum Gasteiger partial charge on any atom is -0.496 e. The van der Waals surface area contributed by atoms with Gasteiger partial charge in [-0.2, -0.15) is 0 Å². The first kappa shape index (κ1) is 12.5. The van der Waals surface area contributed by atoms with Gasteiger partial charge in [-0.25, -0.2) is 0 Å². The molecular weight excluding hydrogens is 208 g/mol. The van der Waals surface area contributed by atoms with Gasteiger partial charge in [0.15, 0.2) is 0 Å². The maximum Gasteiger partial charge on any atom is 0.122 e. The summed E-state index contributed by atoms with van der Waals surface area (Å²) in [4.78, 5) is 0. The van der Waals surface area contributed by atoms with Crippen LogP contribution in [0.1, 0.15) is 55.9 Å². The summed E-state index contributed by atoms with van der Waals surface area (Å²) in [5, 5.41) is 0. The smallest absolute Gasteiger partial charge is 0.122 e. The lowest BCUT2D eigenvalue weighted by Gasteiger charge is -2.17. The Balaban J connectivity index is 2.63. The number of rotatable bonds is 2. The monoisotopic (exact) mass is 232 g/mol. The number of fused-ring (bicyclic) bond motifs is 1. The van der Waals surface area contributed by atoms with Crippen LogP contribution in [-0.4, -0.2) is 7.11 Å². The van der Waals surface area contributed by atoms with Crippen LogP contribution in [0, 0.1) is 12.3 Å². The summed E-state index contributed by atoms with van der Waals surface area (Å²) < 4.78 is 5.53. The van der Waals surface area contributed by atoms with Crippen molar-refractivity contribution in [3.05, 3.63) is 28.3 Å². The Labute approximate surface area is 105 Å². The minimum absolute atomic E-state index is 0.406. The number of hydrogen-bond acceptors (Lipinski definition) is 1. The number of ether oxygens (including phenoxy) is 1. The van der Waals surface area contributed by atoms with Crippen molar-refractivity contribution in [2.75, 3.05) is 7.11 Å². The fourth-order valence-electron chi connectivity index (χ4n) is 3.08. The predicted molar refractivity (Wildman–Crippen MR) is 73.0 cm³/mol. The van der Waals surface area contributed by atoms with Gasteiger partial charge in [-0.1, -0.05) is 27.7 Å². The molecule has 0 unspecified atom stereocenters. The standard InChI is InChI=1S/C16H24O/c1-10(2)12-7-15(17-6)11(3)13-8-16(4,5)9-14(12)13/h7,10H,8-9H2,1-6H3. The van der Waals surface area contributed by atoms with E-state index in [1.807, 2.05) is 0 Å². The second-order valence-electron chi connectivity index (χ2n) is 6.42. The molecule has 0 amide bonds. The first-order chi connectivity index (χ1) is 7.85. The molecule has 0 fully saturated rings. The van der Waals surface area contributed by atoms with Gasteiger partial charge in [0.1, 0.15) is 5.75 Å². The van der Waals surface area contributed by atoms with Crippen molar-refractivity contribution in [3.8, 4) is 5.75 Å². The second kappa shape index (κ2) is 4.04. The van der Waals surface area contributed by atoms with Gasteiger partial charge in [-0.3, -0.25) is 0 Å². The highest BCUT2D eigenvalue weighted by Gasteiger charge is 2.32. The maximum absolute atomic E-state index is 5.53. The van der Waals surface area contributed by atoms with Gasteiger partial charge >= 0.3 is 0 Å². The Morgan fingerprint density at radius 2 is 1.76 bits per heavy atom. The summed E-state index contributed by atoms with van der Waals surface area (Å²) in [5.74, 6) is 1.64. The number of hydrogen-bond donors (Lipinski definition) is 0. The molecule has 94 valence electrons. The molecule has 0 radical (unpaired) electrons. The van der Waals surface area contributed by atoms with Crippen LogP contribution in [-0.2, 0) is 12.8 Å². The third-order valence-electron chi connectivity index (χ3n) is 3.97. The van der Waals surface area contributed by atoms with Crippen LogP contribution >= 0.6 is 0 Å². The summed E-state index contributed by atoms with van der Waals surface area (Å²) in [5.41, 5.74) is 6.36. The van der Waals surface area contributed by atoms with Crippen molar-refractivity contribution in [3.63, 3.8) is 0 Å². The molecule has 0 saturated heterocycles. The number of benzene rings is 1. The fraction of sp³-hybridized carbons (Fsp3) is 0.625. The highest BCUT2D eigenvalue weighted by molar-refractivity contribution is 5.53. The van der Waals surface area contributed by atoms with Crippen molar-refractivity contribution in [2.45, 2.75) is 53.4 Å². The zero-order valence-corrected chi connectivity index (χ0v) is 12.0. The van der Waals surface area contributed by atoms with Crippen molar-refractivity contribution >= 4 is 0 Å². The Morgan fingerprint density at radius 3 is 2.29 bits per heavy atom. The molecule has 2 rings (SSSR count). The fourth-order valence-corrected chi connectivity index (χ4v) is 3.08. The first-order valence-electron chi connectivity index (χ1n) is 6.55. The largest absolute Gasteiger partial charge is 0.496 e. The molecule has 0 heterocycles. The van der Waals surface area contributed by atoms with Gasteiger partial charge in [0.05, 0.1) is 7.11 Å². The van der Waals surface area contributed by atoms with Crippen LogP contribution in [0.3, 0.4) is 0 Å². The van der Waals surface area contributed by atoms with E-state index in [0.29, 0.717) is 11.3 Å². The molecule has 1 heteroatoms. The highest BCUT2D eigenvalue weighted by atomic mass is 16.5. The molecule has 0 aromatic heterocycles.